The van der Waals surface area contributed by atoms with Crippen molar-refractivity contribution in [3.63, 3.8) is 0 Å². The van der Waals surface area contributed by atoms with Gasteiger partial charge in [-0.3, -0.25) is 14.4 Å². The van der Waals surface area contributed by atoms with Gasteiger partial charge in [-0.1, -0.05) is 31.2 Å². The van der Waals surface area contributed by atoms with Crippen molar-refractivity contribution in [3.05, 3.63) is 47.8 Å². The number of para-hydroxylation sites is 1. The van der Waals surface area contributed by atoms with Gasteiger partial charge in [-0.25, -0.2) is 4.79 Å². The number of hydrogen-bond donors (Lipinski definition) is 1. The standard InChI is InChI=1S/C25H27N3O5/c1-25-12-5-4-8-20(25)27(13-11-16-15-26-19-7-3-2-6-17(16)19)24(32)18(25)14-23(31)33-28-21(29)9-10-22(28)30/h2-3,6-8,15,18,26H,4-5,9-14H2,1H3/t18-,25+/m1/s1. The van der Waals surface area contributed by atoms with Gasteiger partial charge in [0.05, 0.1) is 12.3 Å². The lowest BCUT2D eigenvalue weighted by Crippen LogP contribution is -2.36. The molecule has 0 spiro atoms. The van der Waals surface area contributed by atoms with E-state index in [4.69, 9.17) is 4.84 Å². The third-order valence-corrected chi connectivity index (χ3v) is 7.30. The molecule has 2 saturated heterocycles. The molecule has 2 fully saturated rings. The number of aromatic nitrogens is 1. The molecule has 8 nitrogen and oxygen atoms in total. The normalized spacial score (nSPS) is 25.1. The van der Waals surface area contributed by atoms with E-state index >= 15 is 0 Å². The highest BCUT2D eigenvalue weighted by molar-refractivity contribution is 6.01. The molecule has 0 radical (unpaired) electrons. The van der Waals surface area contributed by atoms with Crippen molar-refractivity contribution in [1.29, 1.82) is 0 Å². The molecule has 2 aromatic rings. The Labute approximate surface area is 191 Å². The summed E-state index contributed by atoms with van der Waals surface area (Å²) in [7, 11) is 0. The van der Waals surface area contributed by atoms with Crippen molar-refractivity contribution in [2.45, 2.75) is 51.9 Å². The van der Waals surface area contributed by atoms with E-state index in [9.17, 15) is 19.2 Å². The van der Waals surface area contributed by atoms with Gasteiger partial charge in [0.1, 0.15) is 0 Å². The van der Waals surface area contributed by atoms with Gasteiger partial charge in [-0.05, 0) is 37.3 Å². The lowest BCUT2D eigenvalue weighted by molar-refractivity contribution is -0.198. The van der Waals surface area contributed by atoms with Crippen molar-refractivity contribution in [2.24, 2.45) is 11.3 Å². The van der Waals surface area contributed by atoms with Crippen LogP contribution in [0.4, 0.5) is 0 Å². The fourth-order valence-electron chi connectivity index (χ4n) is 5.50. The molecule has 1 aliphatic carbocycles. The molecule has 1 aromatic heterocycles. The van der Waals surface area contributed by atoms with E-state index in [-0.39, 0.29) is 25.2 Å². The SMILES string of the molecule is C[C@@]12CCCC=C1N(CCc1c[nH]c3ccccc13)C(=O)[C@H]2CC(=O)ON1C(=O)CCC1=O. The fourth-order valence-corrected chi connectivity index (χ4v) is 5.50. The molecule has 172 valence electrons. The molecule has 2 atom stereocenters. The number of imide groups is 1. The van der Waals surface area contributed by atoms with Crippen LogP contribution in [0, 0.1) is 11.3 Å². The van der Waals surface area contributed by atoms with Crippen LogP contribution in [0.25, 0.3) is 10.9 Å². The summed E-state index contributed by atoms with van der Waals surface area (Å²) in [5.41, 5.74) is 2.72. The van der Waals surface area contributed by atoms with Crippen LogP contribution in [0.3, 0.4) is 0 Å². The summed E-state index contributed by atoms with van der Waals surface area (Å²) in [6, 6.07) is 8.07. The summed E-state index contributed by atoms with van der Waals surface area (Å²) >= 11 is 0. The first-order valence-electron chi connectivity index (χ1n) is 11.5. The highest BCUT2D eigenvalue weighted by atomic mass is 16.7. The molecule has 3 heterocycles. The van der Waals surface area contributed by atoms with E-state index in [1.165, 1.54) is 0 Å². The molecule has 5 rings (SSSR count). The minimum atomic E-state index is -0.721. The predicted octanol–water partition coefficient (Wildman–Crippen LogP) is 3.24. The second kappa shape index (κ2) is 8.17. The Kier molecular flexibility index (Phi) is 5.31. The molecule has 3 amide bonds. The smallest absolute Gasteiger partial charge is 0.334 e. The first-order valence-corrected chi connectivity index (χ1v) is 11.5. The van der Waals surface area contributed by atoms with Crippen LogP contribution in [0.5, 0.6) is 0 Å². The molecular weight excluding hydrogens is 422 g/mol. The van der Waals surface area contributed by atoms with Gasteiger partial charge in [-0.15, -0.1) is 5.06 Å². The Balaban J connectivity index is 1.34. The maximum absolute atomic E-state index is 13.5. The summed E-state index contributed by atoms with van der Waals surface area (Å²) in [6.07, 6.45) is 7.36. The van der Waals surface area contributed by atoms with Crippen molar-refractivity contribution >= 4 is 34.6 Å². The largest absolute Gasteiger partial charge is 0.361 e. The second-order valence-electron chi connectivity index (χ2n) is 9.30. The summed E-state index contributed by atoms with van der Waals surface area (Å²) in [6.45, 7) is 2.56. The quantitative estimate of drug-likeness (QED) is 0.683. The van der Waals surface area contributed by atoms with Crippen molar-refractivity contribution in [1.82, 2.24) is 14.9 Å². The number of nitrogens with zero attached hydrogens (tertiary/aromatic N) is 2. The molecule has 1 aromatic carbocycles. The Morgan fingerprint density at radius 2 is 1.94 bits per heavy atom. The first-order chi connectivity index (χ1) is 15.9. The number of H-pyrrole nitrogens is 1. The Morgan fingerprint density at radius 1 is 1.18 bits per heavy atom. The van der Waals surface area contributed by atoms with Crippen LogP contribution < -0.4 is 0 Å². The zero-order valence-corrected chi connectivity index (χ0v) is 18.6. The number of aromatic amines is 1. The molecule has 33 heavy (non-hydrogen) atoms. The molecule has 0 unspecified atom stereocenters. The van der Waals surface area contributed by atoms with Gasteiger partial charge in [0.25, 0.3) is 11.8 Å². The Morgan fingerprint density at radius 3 is 2.73 bits per heavy atom. The molecule has 0 bridgehead atoms. The van der Waals surface area contributed by atoms with Gasteiger partial charge in [-0.2, -0.15) is 0 Å². The Hall–Kier alpha value is -3.42. The maximum Gasteiger partial charge on any atom is 0.334 e. The number of hydroxylamine groups is 2. The van der Waals surface area contributed by atoms with Crippen molar-refractivity contribution in [2.75, 3.05) is 6.54 Å². The number of nitrogens with one attached hydrogen (secondary N) is 1. The predicted molar refractivity (Wildman–Crippen MR) is 119 cm³/mol. The van der Waals surface area contributed by atoms with Crippen molar-refractivity contribution in [3.8, 4) is 0 Å². The Bertz CT molecular complexity index is 1170. The summed E-state index contributed by atoms with van der Waals surface area (Å²) < 4.78 is 0. The summed E-state index contributed by atoms with van der Waals surface area (Å²) in [4.78, 5) is 59.9. The second-order valence-corrected chi connectivity index (χ2v) is 9.30. The number of carbonyl (C=O) groups is 4. The molecule has 0 saturated carbocycles. The van der Waals surface area contributed by atoms with Crippen LogP contribution in [-0.2, 0) is 30.4 Å². The van der Waals surface area contributed by atoms with Crippen LogP contribution in [0.1, 0.15) is 51.0 Å². The number of hydrogen-bond acceptors (Lipinski definition) is 5. The minimum Gasteiger partial charge on any atom is -0.361 e. The van der Waals surface area contributed by atoms with Gasteiger partial charge in [0.2, 0.25) is 5.91 Å². The number of allylic oxidation sites excluding steroid dienone is 2. The molecule has 8 heteroatoms. The third kappa shape index (κ3) is 3.63. The minimum absolute atomic E-state index is 0.0423. The fraction of sp³-hybridized carbons (Fsp3) is 0.440. The number of likely N-dealkylation sites (tertiary alicyclic amines) is 1. The number of benzene rings is 1. The van der Waals surface area contributed by atoms with E-state index in [1.807, 2.05) is 36.2 Å². The van der Waals surface area contributed by atoms with Gasteiger partial charge in [0, 0.05) is 47.6 Å². The van der Waals surface area contributed by atoms with Gasteiger partial charge >= 0.3 is 5.97 Å². The van der Waals surface area contributed by atoms with Gasteiger partial charge in [0.15, 0.2) is 0 Å². The average molecular weight is 450 g/mol. The van der Waals surface area contributed by atoms with E-state index in [1.54, 1.807) is 0 Å². The highest BCUT2D eigenvalue weighted by Gasteiger charge is 2.54. The van der Waals surface area contributed by atoms with E-state index in [0.717, 1.165) is 41.4 Å². The molecular formula is C25H27N3O5. The van der Waals surface area contributed by atoms with Crippen LogP contribution in [0.2, 0.25) is 0 Å². The monoisotopic (exact) mass is 449 g/mol. The number of rotatable bonds is 6. The topological polar surface area (TPSA) is 99.8 Å². The van der Waals surface area contributed by atoms with Crippen molar-refractivity contribution < 1.29 is 24.0 Å². The number of fused-ring (bicyclic) bond motifs is 2. The van der Waals surface area contributed by atoms with Crippen LogP contribution in [0.15, 0.2) is 42.2 Å². The molecule has 1 N–H and O–H groups in total. The first kappa shape index (κ1) is 21.4. The lowest BCUT2D eigenvalue weighted by Gasteiger charge is -2.34. The molecule has 2 aliphatic heterocycles. The third-order valence-electron chi connectivity index (χ3n) is 7.30. The van der Waals surface area contributed by atoms with Gasteiger partial charge < -0.3 is 14.7 Å². The number of carbonyl (C=O) groups excluding carboxylic acids is 4. The van der Waals surface area contributed by atoms with E-state index in [0.29, 0.717) is 18.0 Å². The van der Waals surface area contributed by atoms with E-state index in [2.05, 4.69) is 17.1 Å². The van der Waals surface area contributed by atoms with Crippen LogP contribution in [-0.4, -0.2) is 45.2 Å². The molecule has 3 aliphatic rings. The summed E-state index contributed by atoms with van der Waals surface area (Å²) in [5.74, 6) is -2.43. The van der Waals surface area contributed by atoms with E-state index < -0.39 is 29.1 Å². The zero-order valence-electron chi connectivity index (χ0n) is 18.6. The zero-order chi connectivity index (χ0) is 23.2. The highest BCUT2D eigenvalue weighted by Crippen LogP contribution is 2.52. The average Bonchev–Trinajstić information content (AvgIpc) is 3.42. The lowest BCUT2D eigenvalue weighted by atomic mass is 9.70. The summed E-state index contributed by atoms with van der Waals surface area (Å²) in [5, 5.41) is 1.70. The number of amides is 3. The maximum atomic E-state index is 13.5. The van der Waals surface area contributed by atoms with Crippen LogP contribution >= 0.6 is 0 Å².